The number of carbonyl (C=O) groups is 1. The highest BCUT2D eigenvalue weighted by atomic mass is 16.5. The summed E-state index contributed by atoms with van der Waals surface area (Å²) in [5, 5.41) is 0. The highest BCUT2D eigenvalue weighted by Gasteiger charge is 2.24. The van der Waals surface area contributed by atoms with Crippen LogP contribution >= 0.6 is 0 Å². The standard InChI is InChI=1S/C17H25N3O2/c21-17(12-15-5-11-22-14-15)20-8-3-7-19(9-10-20)13-16-4-1-2-6-18-16/h1-2,4,6,15H,3,5,7-14H2/t15-/m0/s1. The predicted molar refractivity (Wildman–Crippen MR) is 84.3 cm³/mol. The molecule has 0 spiro atoms. The Morgan fingerprint density at radius 3 is 3.00 bits per heavy atom. The molecule has 0 aliphatic carbocycles. The second kappa shape index (κ2) is 7.70. The maximum absolute atomic E-state index is 12.4. The van der Waals surface area contributed by atoms with Gasteiger partial charge in [-0.2, -0.15) is 0 Å². The number of hydrogen-bond acceptors (Lipinski definition) is 4. The molecule has 120 valence electrons. The Balaban J connectivity index is 1.47. The lowest BCUT2D eigenvalue weighted by molar-refractivity contribution is -0.132. The predicted octanol–water partition coefficient (Wildman–Crippen LogP) is 1.54. The zero-order chi connectivity index (χ0) is 15.2. The zero-order valence-corrected chi connectivity index (χ0v) is 13.1. The number of nitrogens with zero attached hydrogens (tertiary/aromatic N) is 3. The lowest BCUT2D eigenvalue weighted by Crippen LogP contribution is -2.36. The van der Waals surface area contributed by atoms with E-state index < -0.39 is 0 Å². The number of aromatic nitrogens is 1. The number of rotatable bonds is 4. The van der Waals surface area contributed by atoms with Gasteiger partial charge in [0.1, 0.15) is 0 Å². The van der Waals surface area contributed by atoms with Gasteiger partial charge < -0.3 is 9.64 Å². The molecule has 22 heavy (non-hydrogen) atoms. The minimum atomic E-state index is 0.301. The third-order valence-corrected chi connectivity index (χ3v) is 4.54. The number of pyridine rings is 1. The normalized spacial score (nSPS) is 23.5. The van der Waals surface area contributed by atoms with E-state index in [0.29, 0.717) is 18.2 Å². The van der Waals surface area contributed by atoms with Crippen LogP contribution in [0.1, 0.15) is 25.0 Å². The molecule has 0 bridgehead atoms. The van der Waals surface area contributed by atoms with Crippen LogP contribution in [0.25, 0.3) is 0 Å². The lowest BCUT2D eigenvalue weighted by Gasteiger charge is -2.22. The molecule has 5 heteroatoms. The van der Waals surface area contributed by atoms with Gasteiger partial charge in [0, 0.05) is 58.6 Å². The molecule has 1 amide bonds. The summed E-state index contributed by atoms with van der Waals surface area (Å²) in [5.74, 6) is 0.732. The van der Waals surface area contributed by atoms with Gasteiger partial charge in [0.05, 0.1) is 5.69 Å². The molecule has 2 saturated heterocycles. The summed E-state index contributed by atoms with van der Waals surface area (Å²) in [6.07, 6.45) is 4.57. The van der Waals surface area contributed by atoms with Gasteiger partial charge in [0.15, 0.2) is 0 Å². The third kappa shape index (κ3) is 4.27. The van der Waals surface area contributed by atoms with Crippen LogP contribution in [0, 0.1) is 5.92 Å². The van der Waals surface area contributed by atoms with Crippen molar-refractivity contribution in [3.63, 3.8) is 0 Å². The average molecular weight is 303 g/mol. The molecule has 3 heterocycles. The maximum atomic E-state index is 12.4. The van der Waals surface area contributed by atoms with Gasteiger partial charge in [-0.3, -0.25) is 14.7 Å². The van der Waals surface area contributed by atoms with Crippen LogP contribution < -0.4 is 0 Å². The fraction of sp³-hybridized carbons (Fsp3) is 0.647. The smallest absolute Gasteiger partial charge is 0.222 e. The van der Waals surface area contributed by atoms with Crippen LogP contribution in [-0.2, 0) is 16.1 Å². The average Bonchev–Trinajstić information content (AvgIpc) is 2.93. The van der Waals surface area contributed by atoms with E-state index in [4.69, 9.17) is 4.74 Å². The third-order valence-electron chi connectivity index (χ3n) is 4.54. The fourth-order valence-corrected chi connectivity index (χ4v) is 3.22. The minimum Gasteiger partial charge on any atom is -0.381 e. The van der Waals surface area contributed by atoms with Crippen molar-refractivity contribution in [2.24, 2.45) is 5.92 Å². The Bertz CT molecular complexity index is 474. The Morgan fingerprint density at radius 2 is 2.23 bits per heavy atom. The summed E-state index contributed by atoms with van der Waals surface area (Å²) in [4.78, 5) is 21.2. The van der Waals surface area contributed by atoms with Crippen molar-refractivity contribution in [3.05, 3.63) is 30.1 Å². The van der Waals surface area contributed by atoms with Crippen LogP contribution in [0.5, 0.6) is 0 Å². The van der Waals surface area contributed by atoms with Gasteiger partial charge in [0.2, 0.25) is 5.91 Å². The van der Waals surface area contributed by atoms with Gasteiger partial charge in [-0.1, -0.05) is 6.07 Å². The first kappa shape index (κ1) is 15.4. The lowest BCUT2D eigenvalue weighted by atomic mass is 10.0. The molecule has 1 aromatic rings. The topological polar surface area (TPSA) is 45.7 Å². The van der Waals surface area contributed by atoms with E-state index in [1.807, 2.05) is 23.2 Å². The first-order valence-electron chi connectivity index (χ1n) is 8.29. The molecule has 3 rings (SSSR count). The van der Waals surface area contributed by atoms with E-state index >= 15 is 0 Å². The molecule has 2 aliphatic heterocycles. The summed E-state index contributed by atoms with van der Waals surface area (Å²) in [6, 6.07) is 6.03. The molecule has 5 nitrogen and oxygen atoms in total. The highest BCUT2D eigenvalue weighted by molar-refractivity contribution is 5.76. The molecule has 1 atom stereocenters. The van der Waals surface area contributed by atoms with Gasteiger partial charge in [-0.25, -0.2) is 0 Å². The quantitative estimate of drug-likeness (QED) is 0.846. The van der Waals surface area contributed by atoms with Gasteiger partial charge >= 0.3 is 0 Å². The SMILES string of the molecule is O=C(C[C@@H]1CCOC1)N1CCCN(Cc2ccccn2)CC1. The van der Waals surface area contributed by atoms with Crippen LogP contribution in [0.4, 0.5) is 0 Å². The van der Waals surface area contributed by atoms with Gasteiger partial charge in [0.25, 0.3) is 0 Å². The van der Waals surface area contributed by atoms with E-state index in [2.05, 4.69) is 16.0 Å². The summed E-state index contributed by atoms with van der Waals surface area (Å²) in [5.41, 5.74) is 1.10. The fourth-order valence-electron chi connectivity index (χ4n) is 3.22. The van der Waals surface area contributed by atoms with Crippen molar-refractivity contribution in [2.45, 2.75) is 25.8 Å². The Kier molecular flexibility index (Phi) is 5.40. The summed E-state index contributed by atoms with van der Waals surface area (Å²) >= 11 is 0. The Labute approximate surface area is 132 Å². The maximum Gasteiger partial charge on any atom is 0.222 e. The Hall–Kier alpha value is -1.46. The van der Waals surface area contributed by atoms with Crippen molar-refractivity contribution in [1.82, 2.24) is 14.8 Å². The van der Waals surface area contributed by atoms with E-state index in [9.17, 15) is 4.79 Å². The molecule has 0 aromatic carbocycles. The van der Waals surface area contributed by atoms with Crippen LogP contribution in [-0.4, -0.2) is 60.1 Å². The molecular formula is C17H25N3O2. The molecule has 0 N–H and O–H groups in total. The molecule has 2 aliphatic rings. The zero-order valence-electron chi connectivity index (χ0n) is 13.1. The molecule has 0 saturated carbocycles. The van der Waals surface area contributed by atoms with Crippen LogP contribution in [0.3, 0.4) is 0 Å². The van der Waals surface area contributed by atoms with Crippen molar-refractivity contribution in [1.29, 1.82) is 0 Å². The molecular weight excluding hydrogens is 278 g/mol. The van der Waals surface area contributed by atoms with Crippen LogP contribution in [0.15, 0.2) is 24.4 Å². The second-order valence-electron chi connectivity index (χ2n) is 6.27. The first-order valence-corrected chi connectivity index (χ1v) is 8.29. The molecule has 0 radical (unpaired) electrons. The van der Waals surface area contributed by atoms with Gasteiger partial charge in [-0.05, 0) is 30.9 Å². The van der Waals surface area contributed by atoms with E-state index in [-0.39, 0.29) is 0 Å². The largest absolute Gasteiger partial charge is 0.381 e. The monoisotopic (exact) mass is 303 g/mol. The number of amides is 1. The van der Waals surface area contributed by atoms with E-state index in [1.54, 1.807) is 0 Å². The number of carbonyl (C=O) groups excluding carboxylic acids is 1. The summed E-state index contributed by atoms with van der Waals surface area (Å²) in [6.45, 7) is 6.13. The van der Waals surface area contributed by atoms with Crippen molar-refractivity contribution >= 4 is 5.91 Å². The Morgan fingerprint density at radius 1 is 1.27 bits per heavy atom. The van der Waals surface area contributed by atoms with E-state index in [0.717, 1.165) is 64.5 Å². The highest BCUT2D eigenvalue weighted by Crippen LogP contribution is 2.18. The second-order valence-corrected chi connectivity index (χ2v) is 6.27. The summed E-state index contributed by atoms with van der Waals surface area (Å²) < 4.78 is 5.37. The molecule has 2 fully saturated rings. The van der Waals surface area contributed by atoms with Crippen molar-refractivity contribution in [3.8, 4) is 0 Å². The number of hydrogen-bond donors (Lipinski definition) is 0. The van der Waals surface area contributed by atoms with Crippen LogP contribution in [0.2, 0.25) is 0 Å². The van der Waals surface area contributed by atoms with Gasteiger partial charge in [-0.15, -0.1) is 0 Å². The first-order chi connectivity index (χ1) is 10.8. The molecule has 0 unspecified atom stereocenters. The van der Waals surface area contributed by atoms with E-state index in [1.165, 1.54) is 0 Å². The van der Waals surface area contributed by atoms with Crippen molar-refractivity contribution in [2.75, 3.05) is 39.4 Å². The van der Waals surface area contributed by atoms with Crippen molar-refractivity contribution < 1.29 is 9.53 Å². The number of ether oxygens (including phenoxy) is 1. The summed E-state index contributed by atoms with van der Waals surface area (Å²) in [7, 11) is 0. The minimum absolute atomic E-state index is 0.301. The molecule has 1 aromatic heterocycles.